The predicted octanol–water partition coefficient (Wildman–Crippen LogP) is 3.28. The lowest BCUT2D eigenvalue weighted by Crippen LogP contribution is -2.43. The molecule has 2 aromatic rings. The third-order valence-corrected chi connectivity index (χ3v) is 6.12. The largest absolute Gasteiger partial charge is 0.480 e. The molecule has 4 rings (SSSR count). The zero-order valence-corrected chi connectivity index (χ0v) is 17.2. The van der Waals surface area contributed by atoms with Crippen molar-refractivity contribution in [2.24, 2.45) is 5.92 Å². The maximum absolute atomic E-state index is 12.5. The summed E-state index contributed by atoms with van der Waals surface area (Å²) in [6.07, 6.45) is 2.24. The van der Waals surface area contributed by atoms with Crippen LogP contribution in [0.25, 0.3) is 11.1 Å². The summed E-state index contributed by atoms with van der Waals surface area (Å²) in [6, 6.07) is 16.2. The van der Waals surface area contributed by atoms with Gasteiger partial charge in [-0.15, -0.1) is 0 Å². The van der Waals surface area contributed by atoms with Crippen LogP contribution in [-0.2, 0) is 14.3 Å². The molecular formula is C24H26N2O5. The van der Waals surface area contributed by atoms with Crippen LogP contribution in [0, 0.1) is 5.92 Å². The van der Waals surface area contributed by atoms with Gasteiger partial charge in [-0.05, 0) is 41.5 Å². The van der Waals surface area contributed by atoms with Gasteiger partial charge in [-0.3, -0.25) is 9.59 Å². The molecule has 7 nitrogen and oxygen atoms in total. The molecule has 0 saturated heterocycles. The van der Waals surface area contributed by atoms with Crippen molar-refractivity contribution in [2.75, 3.05) is 13.2 Å². The number of hydrogen-bond acceptors (Lipinski definition) is 4. The highest BCUT2D eigenvalue weighted by atomic mass is 16.5. The van der Waals surface area contributed by atoms with E-state index in [1.165, 1.54) is 11.1 Å². The molecule has 1 saturated carbocycles. The lowest BCUT2D eigenvalue weighted by Gasteiger charge is -2.28. The van der Waals surface area contributed by atoms with Crippen LogP contribution >= 0.6 is 0 Å². The lowest BCUT2D eigenvalue weighted by atomic mass is 9.85. The average molecular weight is 422 g/mol. The highest BCUT2D eigenvalue weighted by molar-refractivity contribution is 5.83. The highest BCUT2D eigenvalue weighted by Crippen LogP contribution is 2.44. The van der Waals surface area contributed by atoms with Gasteiger partial charge in [0.2, 0.25) is 5.91 Å². The molecule has 0 aromatic heterocycles. The smallest absolute Gasteiger partial charge is 0.407 e. The number of benzene rings is 2. The minimum atomic E-state index is -1.07. The summed E-state index contributed by atoms with van der Waals surface area (Å²) < 4.78 is 5.59. The normalized spacial score (nSPS) is 19.7. The zero-order chi connectivity index (χ0) is 21.8. The van der Waals surface area contributed by atoms with Crippen LogP contribution in [0.1, 0.15) is 42.7 Å². The Morgan fingerprint density at radius 3 is 2.26 bits per heavy atom. The van der Waals surface area contributed by atoms with Crippen LogP contribution in [0.4, 0.5) is 4.79 Å². The number of carbonyl (C=O) groups is 3. The Kier molecular flexibility index (Phi) is 6.21. The van der Waals surface area contributed by atoms with Gasteiger partial charge in [-0.2, -0.15) is 0 Å². The van der Waals surface area contributed by atoms with Crippen molar-refractivity contribution in [3.8, 4) is 11.1 Å². The summed E-state index contributed by atoms with van der Waals surface area (Å²) >= 11 is 0. The molecule has 0 aliphatic heterocycles. The van der Waals surface area contributed by atoms with Crippen LogP contribution in [0.15, 0.2) is 48.5 Å². The summed E-state index contributed by atoms with van der Waals surface area (Å²) in [5, 5.41) is 14.0. The monoisotopic (exact) mass is 422 g/mol. The number of carboxylic acids is 1. The van der Waals surface area contributed by atoms with Crippen molar-refractivity contribution in [2.45, 2.75) is 37.6 Å². The van der Waals surface area contributed by atoms with Gasteiger partial charge in [0.1, 0.15) is 13.2 Å². The second kappa shape index (κ2) is 9.20. The fourth-order valence-corrected chi connectivity index (χ4v) is 4.67. The molecule has 7 heteroatoms. The van der Waals surface area contributed by atoms with Gasteiger partial charge in [0.15, 0.2) is 0 Å². The van der Waals surface area contributed by atoms with E-state index in [1.54, 1.807) is 0 Å². The standard InChI is InChI=1S/C24H26N2O5/c27-22(28)13-25-23(29)15-6-5-7-16(12-15)26-24(30)31-14-21-19-10-3-1-8-17(19)18-9-2-4-11-20(18)21/h1-4,8-11,15-16,21H,5-7,12-14H2,(H,25,29)(H,26,30)(H,27,28)/t15-,16+/m0/s1. The summed E-state index contributed by atoms with van der Waals surface area (Å²) in [5.74, 6) is -1.65. The maximum Gasteiger partial charge on any atom is 0.407 e. The Hall–Kier alpha value is -3.35. The molecule has 0 heterocycles. The van der Waals surface area contributed by atoms with E-state index in [0.29, 0.717) is 12.8 Å². The first-order valence-electron chi connectivity index (χ1n) is 10.6. The van der Waals surface area contributed by atoms with Crippen LogP contribution in [0.3, 0.4) is 0 Å². The van der Waals surface area contributed by atoms with E-state index >= 15 is 0 Å². The van der Waals surface area contributed by atoms with Crippen molar-refractivity contribution in [1.82, 2.24) is 10.6 Å². The van der Waals surface area contributed by atoms with Gasteiger partial charge in [0.05, 0.1) is 0 Å². The fraction of sp³-hybridized carbons (Fsp3) is 0.375. The molecule has 2 aromatic carbocycles. The van der Waals surface area contributed by atoms with Crippen molar-refractivity contribution in [3.05, 3.63) is 59.7 Å². The number of aliphatic carboxylic acids is 1. The van der Waals surface area contributed by atoms with Crippen molar-refractivity contribution in [3.63, 3.8) is 0 Å². The van der Waals surface area contributed by atoms with E-state index in [4.69, 9.17) is 9.84 Å². The van der Waals surface area contributed by atoms with Crippen LogP contribution in [-0.4, -0.2) is 42.3 Å². The second-order valence-corrected chi connectivity index (χ2v) is 8.14. The first-order chi connectivity index (χ1) is 15.0. The molecule has 0 radical (unpaired) electrons. The first-order valence-corrected chi connectivity index (χ1v) is 10.6. The Bertz CT molecular complexity index is 944. The second-order valence-electron chi connectivity index (χ2n) is 8.14. The maximum atomic E-state index is 12.5. The van der Waals surface area contributed by atoms with Gasteiger partial charge in [-0.1, -0.05) is 55.0 Å². The molecule has 2 aliphatic carbocycles. The number of carbonyl (C=O) groups excluding carboxylic acids is 2. The number of nitrogens with one attached hydrogen (secondary N) is 2. The van der Waals surface area contributed by atoms with E-state index in [0.717, 1.165) is 24.0 Å². The number of carboxylic acid groups (broad SMARTS) is 1. The summed E-state index contributed by atoms with van der Waals surface area (Å²) in [7, 11) is 0. The van der Waals surface area contributed by atoms with E-state index in [2.05, 4.69) is 34.9 Å². The first kappa shape index (κ1) is 20.9. The van der Waals surface area contributed by atoms with E-state index in [-0.39, 0.29) is 36.9 Å². The topological polar surface area (TPSA) is 105 Å². The number of fused-ring (bicyclic) bond motifs is 3. The molecule has 0 unspecified atom stereocenters. The quantitative estimate of drug-likeness (QED) is 0.663. The Balaban J connectivity index is 1.33. The summed E-state index contributed by atoms with van der Waals surface area (Å²) in [5.41, 5.74) is 4.66. The number of amides is 2. The van der Waals surface area contributed by atoms with Crippen LogP contribution < -0.4 is 10.6 Å². The molecular weight excluding hydrogens is 396 g/mol. The highest BCUT2D eigenvalue weighted by Gasteiger charge is 2.31. The third kappa shape index (κ3) is 4.71. The summed E-state index contributed by atoms with van der Waals surface area (Å²) in [6.45, 7) is -0.144. The number of rotatable bonds is 6. The SMILES string of the molecule is O=C(O)CNC(=O)[C@H]1CCC[C@@H](NC(=O)OCC2c3ccccc3-c3ccccc32)C1. The van der Waals surface area contributed by atoms with Crippen LogP contribution in [0.2, 0.25) is 0 Å². The fourth-order valence-electron chi connectivity index (χ4n) is 4.67. The van der Waals surface area contributed by atoms with Crippen molar-refractivity contribution < 1.29 is 24.2 Å². The van der Waals surface area contributed by atoms with Gasteiger partial charge < -0.3 is 20.5 Å². The minimum absolute atomic E-state index is 0.000879. The van der Waals surface area contributed by atoms with E-state index in [9.17, 15) is 14.4 Å². The number of hydrogen-bond donors (Lipinski definition) is 3. The Labute approximate surface area is 180 Å². The Morgan fingerprint density at radius 1 is 0.968 bits per heavy atom. The molecule has 31 heavy (non-hydrogen) atoms. The van der Waals surface area contributed by atoms with Gasteiger partial charge >= 0.3 is 12.1 Å². The lowest BCUT2D eigenvalue weighted by molar-refractivity contribution is -0.138. The van der Waals surface area contributed by atoms with E-state index in [1.807, 2.05) is 24.3 Å². The third-order valence-electron chi connectivity index (χ3n) is 6.12. The van der Waals surface area contributed by atoms with Crippen LogP contribution in [0.5, 0.6) is 0 Å². The molecule has 162 valence electrons. The molecule has 2 amide bonds. The molecule has 0 spiro atoms. The number of alkyl carbamates (subject to hydrolysis) is 1. The van der Waals surface area contributed by atoms with E-state index < -0.39 is 12.1 Å². The summed E-state index contributed by atoms with van der Waals surface area (Å²) in [4.78, 5) is 35.3. The minimum Gasteiger partial charge on any atom is -0.480 e. The van der Waals surface area contributed by atoms with Gasteiger partial charge in [0, 0.05) is 17.9 Å². The van der Waals surface area contributed by atoms with Crippen molar-refractivity contribution >= 4 is 18.0 Å². The number of ether oxygens (including phenoxy) is 1. The van der Waals surface area contributed by atoms with Gasteiger partial charge in [0.25, 0.3) is 0 Å². The molecule has 2 aliphatic rings. The average Bonchev–Trinajstić information content (AvgIpc) is 3.10. The molecule has 2 atom stereocenters. The molecule has 0 bridgehead atoms. The Morgan fingerprint density at radius 2 is 1.61 bits per heavy atom. The zero-order valence-electron chi connectivity index (χ0n) is 17.2. The molecule has 1 fully saturated rings. The predicted molar refractivity (Wildman–Crippen MR) is 115 cm³/mol. The molecule has 3 N–H and O–H groups in total. The van der Waals surface area contributed by atoms with Gasteiger partial charge in [-0.25, -0.2) is 4.79 Å². The van der Waals surface area contributed by atoms with Crippen molar-refractivity contribution in [1.29, 1.82) is 0 Å².